The summed E-state index contributed by atoms with van der Waals surface area (Å²) in [5.41, 5.74) is 3.75. The quantitative estimate of drug-likeness (QED) is 0.630. The predicted octanol–water partition coefficient (Wildman–Crippen LogP) is 4.59. The summed E-state index contributed by atoms with van der Waals surface area (Å²) < 4.78 is 0. The van der Waals surface area contributed by atoms with Crippen LogP contribution in [0.1, 0.15) is 49.9 Å². The number of fused-ring (bicyclic) bond motifs is 1. The number of hydrogen-bond acceptors (Lipinski definition) is 4. The Morgan fingerprint density at radius 1 is 1.17 bits per heavy atom. The largest absolute Gasteiger partial charge is 0.361 e. The predicted molar refractivity (Wildman–Crippen MR) is 124 cm³/mol. The van der Waals surface area contributed by atoms with Gasteiger partial charge in [0.2, 0.25) is 5.91 Å². The average molecular weight is 425 g/mol. The summed E-state index contributed by atoms with van der Waals surface area (Å²) in [7, 11) is 0. The molecule has 0 spiro atoms. The molecular formula is C24H32N4OS. The zero-order valence-corrected chi connectivity index (χ0v) is 19.1. The zero-order chi connectivity index (χ0) is 21.1. The minimum absolute atomic E-state index is 0.112. The highest BCUT2D eigenvalue weighted by Gasteiger charge is 2.23. The summed E-state index contributed by atoms with van der Waals surface area (Å²) in [6.45, 7) is 11.0. The molecule has 1 amide bonds. The number of piperazine rings is 1. The van der Waals surface area contributed by atoms with Crippen LogP contribution in [0.5, 0.6) is 0 Å². The van der Waals surface area contributed by atoms with Crippen molar-refractivity contribution in [1.82, 2.24) is 19.8 Å². The molecule has 6 heteroatoms. The van der Waals surface area contributed by atoms with Crippen molar-refractivity contribution in [3.05, 3.63) is 52.1 Å². The molecule has 1 N–H and O–H groups in total. The molecule has 1 fully saturated rings. The van der Waals surface area contributed by atoms with Crippen LogP contribution in [0.4, 0.5) is 0 Å². The summed E-state index contributed by atoms with van der Waals surface area (Å²) >= 11 is 1.75. The number of nitrogens with one attached hydrogen (secondary N) is 1. The number of aromatic nitrogens is 2. The van der Waals surface area contributed by atoms with E-state index >= 15 is 0 Å². The molecule has 1 aliphatic heterocycles. The number of thiazole rings is 1. The second-order valence-corrected chi connectivity index (χ2v) is 10.1. The van der Waals surface area contributed by atoms with E-state index in [1.807, 2.05) is 11.0 Å². The number of benzene rings is 1. The SMILES string of the molecule is CC(C)(C)c1nc(CN2CCN(C(=O)CCCc3c[nH]c4ccccc34)CC2)cs1. The van der Waals surface area contributed by atoms with Crippen molar-refractivity contribution >= 4 is 28.1 Å². The van der Waals surface area contributed by atoms with Gasteiger partial charge in [-0.3, -0.25) is 9.69 Å². The second kappa shape index (κ2) is 8.90. The minimum Gasteiger partial charge on any atom is -0.361 e. The van der Waals surface area contributed by atoms with E-state index in [1.165, 1.54) is 21.5 Å². The molecule has 0 radical (unpaired) electrons. The molecule has 3 heterocycles. The van der Waals surface area contributed by atoms with Crippen LogP contribution in [0.2, 0.25) is 0 Å². The number of hydrogen-bond donors (Lipinski definition) is 1. The van der Waals surface area contributed by atoms with Gasteiger partial charge in [-0.15, -0.1) is 11.3 Å². The van der Waals surface area contributed by atoms with E-state index in [1.54, 1.807) is 11.3 Å². The molecule has 5 nitrogen and oxygen atoms in total. The van der Waals surface area contributed by atoms with Gasteiger partial charge in [-0.2, -0.15) is 0 Å². The highest BCUT2D eigenvalue weighted by Crippen LogP contribution is 2.26. The Balaban J connectivity index is 1.21. The lowest BCUT2D eigenvalue weighted by Crippen LogP contribution is -2.48. The molecule has 0 saturated carbocycles. The molecule has 0 bridgehead atoms. The molecule has 160 valence electrons. The second-order valence-electron chi connectivity index (χ2n) is 9.26. The number of H-pyrrole nitrogens is 1. The van der Waals surface area contributed by atoms with Gasteiger partial charge in [0, 0.05) is 67.0 Å². The molecule has 0 atom stereocenters. The number of nitrogens with zero attached hydrogens (tertiary/aromatic N) is 3. The van der Waals surface area contributed by atoms with E-state index in [9.17, 15) is 4.79 Å². The standard InChI is InChI=1S/C24H32N4OS/c1-24(2,3)23-26-19(17-30-23)16-27-11-13-28(14-12-27)22(29)10-6-7-18-15-25-21-9-5-4-8-20(18)21/h4-5,8-9,15,17,25H,6-7,10-14,16H2,1-3H3. The molecule has 30 heavy (non-hydrogen) atoms. The van der Waals surface area contributed by atoms with E-state index in [2.05, 4.69) is 60.4 Å². The van der Waals surface area contributed by atoms with Crippen molar-refractivity contribution in [3.8, 4) is 0 Å². The maximum Gasteiger partial charge on any atom is 0.222 e. The fraction of sp³-hybridized carbons (Fsp3) is 0.500. The van der Waals surface area contributed by atoms with E-state index in [4.69, 9.17) is 4.98 Å². The third kappa shape index (κ3) is 4.93. The summed E-state index contributed by atoms with van der Waals surface area (Å²) in [6.07, 6.45) is 4.54. The molecule has 4 rings (SSSR count). The van der Waals surface area contributed by atoms with Crippen LogP contribution in [0.3, 0.4) is 0 Å². The maximum atomic E-state index is 12.7. The number of amides is 1. The Hall–Kier alpha value is -2.18. The number of aromatic amines is 1. The van der Waals surface area contributed by atoms with E-state index in [0.717, 1.165) is 51.3 Å². The van der Waals surface area contributed by atoms with Crippen molar-refractivity contribution in [2.75, 3.05) is 26.2 Å². The van der Waals surface area contributed by atoms with Crippen molar-refractivity contribution in [2.24, 2.45) is 0 Å². The van der Waals surface area contributed by atoms with E-state index in [0.29, 0.717) is 6.42 Å². The summed E-state index contributed by atoms with van der Waals surface area (Å²) in [5, 5.41) is 4.65. The fourth-order valence-electron chi connectivity index (χ4n) is 4.04. The van der Waals surface area contributed by atoms with Gasteiger partial charge in [-0.25, -0.2) is 4.98 Å². The summed E-state index contributed by atoms with van der Waals surface area (Å²) in [4.78, 5) is 25.2. The van der Waals surface area contributed by atoms with Gasteiger partial charge in [0.1, 0.15) is 0 Å². The number of aryl methyl sites for hydroxylation is 1. The first-order chi connectivity index (χ1) is 14.4. The Bertz CT molecular complexity index is 992. The molecule has 1 aliphatic rings. The Kier molecular flexibility index (Phi) is 6.25. The van der Waals surface area contributed by atoms with Crippen molar-refractivity contribution < 1.29 is 4.79 Å². The molecule has 3 aromatic rings. The molecule has 0 aliphatic carbocycles. The van der Waals surface area contributed by atoms with Gasteiger partial charge < -0.3 is 9.88 Å². The first-order valence-electron chi connectivity index (χ1n) is 10.9. The van der Waals surface area contributed by atoms with Crippen molar-refractivity contribution in [2.45, 2.75) is 52.0 Å². The Morgan fingerprint density at radius 3 is 2.67 bits per heavy atom. The highest BCUT2D eigenvalue weighted by molar-refractivity contribution is 7.09. The molecule has 1 saturated heterocycles. The van der Waals surface area contributed by atoms with Crippen LogP contribution < -0.4 is 0 Å². The molecular weight excluding hydrogens is 392 g/mol. The molecule has 1 aromatic carbocycles. The lowest BCUT2D eigenvalue weighted by atomic mass is 9.98. The van der Waals surface area contributed by atoms with Crippen LogP contribution in [0.15, 0.2) is 35.8 Å². The topological polar surface area (TPSA) is 52.2 Å². The number of carbonyl (C=O) groups excluding carboxylic acids is 1. The minimum atomic E-state index is 0.112. The Labute approximate surface area is 183 Å². The van der Waals surface area contributed by atoms with Gasteiger partial charge in [-0.05, 0) is 24.5 Å². The van der Waals surface area contributed by atoms with Crippen LogP contribution in [0, 0.1) is 0 Å². The van der Waals surface area contributed by atoms with Gasteiger partial charge in [-0.1, -0.05) is 39.0 Å². The fourth-order valence-corrected chi connectivity index (χ4v) is 4.93. The van der Waals surface area contributed by atoms with E-state index < -0.39 is 0 Å². The molecule has 2 aromatic heterocycles. The first kappa shape index (κ1) is 21.1. The monoisotopic (exact) mass is 424 g/mol. The van der Waals surface area contributed by atoms with Crippen LogP contribution >= 0.6 is 11.3 Å². The van der Waals surface area contributed by atoms with E-state index in [-0.39, 0.29) is 11.3 Å². The average Bonchev–Trinajstić information content (AvgIpc) is 3.36. The third-order valence-corrected chi connectivity index (χ3v) is 7.13. The van der Waals surface area contributed by atoms with Gasteiger partial charge >= 0.3 is 0 Å². The van der Waals surface area contributed by atoms with Crippen molar-refractivity contribution in [3.63, 3.8) is 0 Å². The Morgan fingerprint density at radius 2 is 1.93 bits per heavy atom. The number of carbonyl (C=O) groups is 1. The highest BCUT2D eigenvalue weighted by atomic mass is 32.1. The number of para-hydroxylation sites is 1. The summed E-state index contributed by atoms with van der Waals surface area (Å²) in [5.74, 6) is 0.290. The van der Waals surface area contributed by atoms with Crippen LogP contribution in [-0.4, -0.2) is 51.9 Å². The van der Waals surface area contributed by atoms with Crippen LogP contribution in [0.25, 0.3) is 10.9 Å². The lowest BCUT2D eigenvalue weighted by Gasteiger charge is -2.34. The maximum absolute atomic E-state index is 12.7. The van der Waals surface area contributed by atoms with Gasteiger partial charge in [0.05, 0.1) is 10.7 Å². The normalized spacial score (nSPS) is 15.8. The lowest BCUT2D eigenvalue weighted by molar-refractivity contribution is -0.133. The molecule has 0 unspecified atom stereocenters. The van der Waals surface area contributed by atoms with Gasteiger partial charge in [0.15, 0.2) is 0 Å². The first-order valence-corrected chi connectivity index (χ1v) is 11.8. The zero-order valence-electron chi connectivity index (χ0n) is 18.3. The number of rotatable bonds is 6. The summed E-state index contributed by atoms with van der Waals surface area (Å²) in [6, 6.07) is 8.36. The van der Waals surface area contributed by atoms with Crippen LogP contribution in [-0.2, 0) is 23.2 Å². The smallest absolute Gasteiger partial charge is 0.222 e. The van der Waals surface area contributed by atoms with Gasteiger partial charge in [0.25, 0.3) is 0 Å². The third-order valence-electron chi connectivity index (χ3n) is 5.82. The van der Waals surface area contributed by atoms with Crippen molar-refractivity contribution in [1.29, 1.82) is 0 Å².